The zero-order valence-electron chi connectivity index (χ0n) is 12.6. The Balaban J connectivity index is 1.75. The van der Waals surface area contributed by atoms with E-state index in [-0.39, 0.29) is 11.3 Å². The van der Waals surface area contributed by atoms with Crippen LogP contribution < -0.4 is 10.6 Å². The van der Waals surface area contributed by atoms with Crippen LogP contribution in [0.15, 0.2) is 30.6 Å². The highest BCUT2D eigenvalue weighted by Gasteiger charge is 2.39. The Morgan fingerprint density at radius 2 is 1.95 bits per heavy atom. The standard InChI is InChI=1S/C16H20N4O/c1-11-12(2)20(10-18-11)14-6-4-13(5-7-14)19-15(21)16(3)8-17-9-16/h4-7,10,17H,8-9H2,1-3H3,(H,19,21). The van der Waals surface area contributed by atoms with Crippen LogP contribution in [0.3, 0.4) is 0 Å². The Morgan fingerprint density at radius 1 is 1.29 bits per heavy atom. The molecular weight excluding hydrogens is 264 g/mol. The van der Waals surface area contributed by atoms with Gasteiger partial charge in [-0.3, -0.25) is 4.79 Å². The zero-order chi connectivity index (χ0) is 15.0. The number of hydrogen-bond donors (Lipinski definition) is 2. The summed E-state index contributed by atoms with van der Waals surface area (Å²) in [4.78, 5) is 16.5. The van der Waals surface area contributed by atoms with Crippen molar-refractivity contribution in [3.63, 3.8) is 0 Å². The minimum atomic E-state index is -0.281. The zero-order valence-corrected chi connectivity index (χ0v) is 12.6. The fourth-order valence-electron chi connectivity index (χ4n) is 2.41. The Hall–Kier alpha value is -2.14. The van der Waals surface area contributed by atoms with E-state index < -0.39 is 0 Å². The number of nitrogens with one attached hydrogen (secondary N) is 2. The maximum atomic E-state index is 12.2. The molecule has 110 valence electrons. The second kappa shape index (κ2) is 5.00. The number of rotatable bonds is 3. The molecular formula is C16H20N4O. The quantitative estimate of drug-likeness (QED) is 0.906. The fourth-order valence-corrected chi connectivity index (χ4v) is 2.41. The number of nitrogens with zero attached hydrogens (tertiary/aromatic N) is 2. The van der Waals surface area contributed by atoms with Crippen molar-refractivity contribution in [3.05, 3.63) is 42.0 Å². The van der Waals surface area contributed by atoms with Crippen molar-refractivity contribution in [1.29, 1.82) is 0 Å². The van der Waals surface area contributed by atoms with Crippen molar-refractivity contribution in [3.8, 4) is 5.69 Å². The molecule has 1 amide bonds. The molecule has 1 fully saturated rings. The molecule has 5 heteroatoms. The lowest BCUT2D eigenvalue weighted by Gasteiger charge is -2.37. The normalized spacial score (nSPS) is 16.3. The van der Waals surface area contributed by atoms with Crippen LogP contribution in [0.2, 0.25) is 0 Å². The summed E-state index contributed by atoms with van der Waals surface area (Å²) >= 11 is 0. The van der Waals surface area contributed by atoms with Gasteiger partial charge in [0.15, 0.2) is 0 Å². The smallest absolute Gasteiger partial charge is 0.232 e. The van der Waals surface area contributed by atoms with Gasteiger partial charge in [0.1, 0.15) is 0 Å². The number of hydrogen-bond acceptors (Lipinski definition) is 3. The third-order valence-corrected chi connectivity index (χ3v) is 4.23. The minimum Gasteiger partial charge on any atom is -0.326 e. The first-order valence-electron chi connectivity index (χ1n) is 7.13. The molecule has 0 unspecified atom stereocenters. The molecule has 0 atom stereocenters. The molecule has 1 saturated heterocycles. The summed E-state index contributed by atoms with van der Waals surface area (Å²) in [7, 11) is 0. The van der Waals surface area contributed by atoms with Gasteiger partial charge in [-0.15, -0.1) is 0 Å². The van der Waals surface area contributed by atoms with E-state index >= 15 is 0 Å². The molecule has 0 radical (unpaired) electrons. The van der Waals surface area contributed by atoms with Gasteiger partial charge in [-0.1, -0.05) is 0 Å². The topological polar surface area (TPSA) is 59.0 Å². The average molecular weight is 284 g/mol. The number of anilines is 1. The lowest BCUT2D eigenvalue weighted by Crippen LogP contribution is -2.58. The summed E-state index contributed by atoms with van der Waals surface area (Å²) in [6, 6.07) is 7.84. The van der Waals surface area contributed by atoms with Crippen molar-refractivity contribution in [2.45, 2.75) is 20.8 Å². The number of aromatic nitrogens is 2. The molecule has 2 aromatic rings. The fraction of sp³-hybridized carbons (Fsp3) is 0.375. The van der Waals surface area contributed by atoms with Gasteiger partial charge in [0.2, 0.25) is 5.91 Å². The maximum absolute atomic E-state index is 12.2. The molecule has 2 N–H and O–H groups in total. The van der Waals surface area contributed by atoms with Crippen LogP contribution in [0.4, 0.5) is 5.69 Å². The van der Waals surface area contributed by atoms with Crippen LogP contribution in [0.1, 0.15) is 18.3 Å². The molecule has 0 saturated carbocycles. The van der Waals surface area contributed by atoms with Gasteiger partial charge in [-0.05, 0) is 45.0 Å². The largest absolute Gasteiger partial charge is 0.326 e. The lowest BCUT2D eigenvalue weighted by atomic mass is 9.83. The molecule has 1 aromatic heterocycles. The molecule has 3 rings (SSSR count). The van der Waals surface area contributed by atoms with Crippen molar-refractivity contribution >= 4 is 11.6 Å². The number of carbonyl (C=O) groups is 1. The van der Waals surface area contributed by atoms with Crippen molar-refractivity contribution in [2.75, 3.05) is 18.4 Å². The molecule has 1 aliphatic rings. The van der Waals surface area contributed by atoms with Gasteiger partial charge in [-0.25, -0.2) is 4.98 Å². The highest BCUT2D eigenvalue weighted by Crippen LogP contribution is 2.24. The molecule has 1 aliphatic heterocycles. The van der Waals surface area contributed by atoms with E-state index in [1.165, 1.54) is 0 Å². The third kappa shape index (κ3) is 2.45. The van der Waals surface area contributed by atoms with Gasteiger partial charge >= 0.3 is 0 Å². The van der Waals surface area contributed by atoms with Crippen LogP contribution in [0.5, 0.6) is 0 Å². The number of imidazole rings is 1. The summed E-state index contributed by atoms with van der Waals surface area (Å²) in [5, 5.41) is 6.12. The summed E-state index contributed by atoms with van der Waals surface area (Å²) in [6.07, 6.45) is 1.82. The van der Waals surface area contributed by atoms with Gasteiger partial charge in [0.25, 0.3) is 0 Å². The number of benzene rings is 1. The molecule has 0 spiro atoms. The lowest BCUT2D eigenvalue weighted by molar-refractivity contribution is -0.127. The Kier molecular flexibility index (Phi) is 3.29. The van der Waals surface area contributed by atoms with Gasteiger partial charge in [-0.2, -0.15) is 0 Å². The van der Waals surface area contributed by atoms with Crippen LogP contribution >= 0.6 is 0 Å². The highest BCUT2D eigenvalue weighted by molar-refractivity contribution is 5.96. The molecule has 2 heterocycles. The predicted octanol–water partition coefficient (Wildman–Crippen LogP) is 2.04. The van der Waals surface area contributed by atoms with Gasteiger partial charge < -0.3 is 15.2 Å². The van der Waals surface area contributed by atoms with Crippen molar-refractivity contribution in [2.24, 2.45) is 5.41 Å². The maximum Gasteiger partial charge on any atom is 0.232 e. The van der Waals surface area contributed by atoms with E-state index in [9.17, 15) is 4.79 Å². The molecule has 0 bridgehead atoms. The number of carbonyl (C=O) groups excluding carboxylic acids is 1. The predicted molar refractivity (Wildman–Crippen MR) is 82.6 cm³/mol. The summed E-state index contributed by atoms with van der Waals surface area (Å²) in [5.41, 5.74) is 3.74. The minimum absolute atomic E-state index is 0.0728. The van der Waals surface area contributed by atoms with Gasteiger partial charge in [0.05, 0.1) is 17.4 Å². The Bertz CT molecular complexity index is 668. The van der Waals surface area contributed by atoms with Crippen molar-refractivity contribution in [1.82, 2.24) is 14.9 Å². The van der Waals surface area contributed by atoms with E-state index in [0.717, 1.165) is 35.9 Å². The average Bonchev–Trinajstić information content (AvgIpc) is 2.77. The van der Waals surface area contributed by atoms with E-state index in [1.807, 2.05) is 55.9 Å². The van der Waals surface area contributed by atoms with Crippen LogP contribution in [-0.4, -0.2) is 28.5 Å². The number of amides is 1. The first kappa shape index (κ1) is 13.8. The first-order chi connectivity index (χ1) is 9.99. The SMILES string of the molecule is Cc1ncn(-c2ccc(NC(=O)C3(C)CNC3)cc2)c1C. The van der Waals surface area contributed by atoms with Crippen LogP contribution in [0, 0.1) is 19.3 Å². The molecule has 21 heavy (non-hydrogen) atoms. The second-order valence-corrected chi connectivity index (χ2v) is 5.95. The van der Waals surface area contributed by atoms with Crippen LogP contribution in [0.25, 0.3) is 5.69 Å². The first-order valence-corrected chi connectivity index (χ1v) is 7.13. The summed E-state index contributed by atoms with van der Waals surface area (Å²) < 4.78 is 2.04. The monoisotopic (exact) mass is 284 g/mol. The highest BCUT2D eigenvalue weighted by atomic mass is 16.2. The number of aryl methyl sites for hydroxylation is 1. The Morgan fingerprint density at radius 3 is 2.43 bits per heavy atom. The van der Waals surface area contributed by atoms with Crippen LogP contribution in [-0.2, 0) is 4.79 Å². The summed E-state index contributed by atoms with van der Waals surface area (Å²) in [6.45, 7) is 7.50. The third-order valence-electron chi connectivity index (χ3n) is 4.23. The molecule has 5 nitrogen and oxygen atoms in total. The molecule has 0 aliphatic carbocycles. The van der Waals surface area contributed by atoms with E-state index in [1.54, 1.807) is 0 Å². The van der Waals surface area contributed by atoms with E-state index in [0.29, 0.717) is 0 Å². The van der Waals surface area contributed by atoms with E-state index in [4.69, 9.17) is 0 Å². The van der Waals surface area contributed by atoms with E-state index in [2.05, 4.69) is 15.6 Å². The van der Waals surface area contributed by atoms with Crippen molar-refractivity contribution < 1.29 is 4.79 Å². The molecule has 1 aromatic carbocycles. The Labute approximate surface area is 124 Å². The second-order valence-electron chi connectivity index (χ2n) is 5.95. The summed E-state index contributed by atoms with van der Waals surface area (Å²) in [5.74, 6) is 0.0728. The van der Waals surface area contributed by atoms with Gasteiger partial charge in [0, 0.05) is 30.2 Å².